The van der Waals surface area contributed by atoms with Crippen molar-refractivity contribution >= 4 is 5.96 Å². The van der Waals surface area contributed by atoms with Crippen molar-refractivity contribution in [2.24, 2.45) is 4.99 Å². The summed E-state index contributed by atoms with van der Waals surface area (Å²) >= 11 is 0. The highest BCUT2D eigenvalue weighted by Gasteiger charge is 2.24. The highest BCUT2D eigenvalue weighted by molar-refractivity contribution is 5.79. The molecule has 1 aromatic carbocycles. The molecule has 1 unspecified atom stereocenters. The normalized spacial score (nSPS) is 15.6. The molecule has 2 heterocycles. The molecule has 0 saturated carbocycles. The number of aliphatic imine (C=N–C) groups is 1. The Bertz CT molecular complexity index is 821. The summed E-state index contributed by atoms with van der Waals surface area (Å²) in [5, 5.41) is 6.87. The van der Waals surface area contributed by atoms with Crippen LogP contribution in [0, 0.1) is 0 Å². The van der Waals surface area contributed by atoms with Crippen LogP contribution in [-0.2, 0) is 6.54 Å². The zero-order valence-electron chi connectivity index (χ0n) is 18.2. The van der Waals surface area contributed by atoms with Crippen molar-refractivity contribution < 1.29 is 9.47 Å². The van der Waals surface area contributed by atoms with Crippen molar-refractivity contribution in [2.75, 3.05) is 40.4 Å². The number of hydrogen-bond acceptors (Lipinski definition) is 5. The molecule has 1 aromatic heterocycles. The van der Waals surface area contributed by atoms with Gasteiger partial charge in [-0.2, -0.15) is 0 Å². The van der Waals surface area contributed by atoms with E-state index in [9.17, 15) is 0 Å². The van der Waals surface area contributed by atoms with Crippen LogP contribution in [0.5, 0.6) is 11.6 Å². The van der Waals surface area contributed by atoms with Gasteiger partial charge in [0.25, 0.3) is 0 Å². The maximum Gasteiger partial charge on any atom is 0.213 e. The van der Waals surface area contributed by atoms with E-state index < -0.39 is 0 Å². The Hall–Kier alpha value is -2.80. The molecular weight excluding hydrogens is 378 g/mol. The Morgan fingerprint density at radius 3 is 2.63 bits per heavy atom. The number of aromatic nitrogens is 1. The van der Waals surface area contributed by atoms with Crippen molar-refractivity contribution in [2.45, 2.75) is 32.4 Å². The van der Waals surface area contributed by atoms with Gasteiger partial charge in [-0.05, 0) is 56.6 Å². The van der Waals surface area contributed by atoms with Crippen LogP contribution in [0.4, 0.5) is 0 Å². The summed E-state index contributed by atoms with van der Waals surface area (Å²) in [7, 11) is 3.34. The highest BCUT2D eigenvalue weighted by atomic mass is 16.5. The van der Waals surface area contributed by atoms with Gasteiger partial charge in [0.05, 0.1) is 32.5 Å². The molecule has 1 saturated heterocycles. The smallest absolute Gasteiger partial charge is 0.213 e. The summed E-state index contributed by atoms with van der Waals surface area (Å²) in [6.07, 6.45) is 2.49. The van der Waals surface area contributed by atoms with Crippen LogP contribution in [-0.4, -0.2) is 56.2 Å². The fraction of sp³-hybridized carbons (Fsp3) is 0.478. The van der Waals surface area contributed by atoms with Gasteiger partial charge in [0, 0.05) is 19.2 Å². The molecule has 2 aromatic rings. The molecule has 7 heteroatoms. The average Bonchev–Trinajstić information content (AvgIpc) is 3.32. The number of methoxy groups -OCH3 is 2. The molecule has 162 valence electrons. The molecule has 3 rings (SSSR count). The molecule has 0 spiro atoms. The summed E-state index contributed by atoms with van der Waals surface area (Å²) in [6.45, 7) is 6.35. The van der Waals surface area contributed by atoms with Crippen LogP contribution in [0.2, 0.25) is 0 Å². The zero-order valence-corrected chi connectivity index (χ0v) is 18.2. The molecule has 1 aliphatic rings. The van der Waals surface area contributed by atoms with Crippen molar-refractivity contribution in [3.63, 3.8) is 0 Å². The predicted molar refractivity (Wildman–Crippen MR) is 120 cm³/mol. The van der Waals surface area contributed by atoms with Gasteiger partial charge in [-0.3, -0.25) is 4.90 Å². The summed E-state index contributed by atoms with van der Waals surface area (Å²) in [6, 6.07) is 14.4. The second-order valence-corrected chi connectivity index (χ2v) is 7.28. The van der Waals surface area contributed by atoms with Crippen LogP contribution in [0.1, 0.15) is 37.1 Å². The van der Waals surface area contributed by atoms with E-state index in [0.29, 0.717) is 12.4 Å². The maximum atomic E-state index is 5.45. The van der Waals surface area contributed by atoms with Gasteiger partial charge in [0.1, 0.15) is 5.75 Å². The predicted octanol–water partition coefficient (Wildman–Crippen LogP) is 2.99. The minimum absolute atomic E-state index is 0.265. The fourth-order valence-corrected chi connectivity index (χ4v) is 3.71. The third-order valence-electron chi connectivity index (χ3n) is 5.26. The first-order valence-corrected chi connectivity index (χ1v) is 10.6. The van der Waals surface area contributed by atoms with Gasteiger partial charge in [-0.25, -0.2) is 9.98 Å². The van der Waals surface area contributed by atoms with Gasteiger partial charge in [-0.15, -0.1) is 0 Å². The van der Waals surface area contributed by atoms with E-state index in [0.717, 1.165) is 43.6 Å². The molecule has 1 atom stereocenters. The molecule has 1 aliphatic heterocycles. The standard InChI is InChI=1S/C23H33N5O2/c1-4-24-23(25-16-19-10-8-12-22(27-19)30-3)26-17-21(28-13-5-6-14-28)18-9-7-11-20(15-18)29-2/h7-12,15,21H,4-6,13-14,16-17H2,1-3H3,(H2,24,25,26). The Morgan fingerprint density at radius 1 is 1.10 bits per heavy atom. The van der Waals surface area contributed by atoms with E-state index in [2.05, 4.69) is 45.6 Å². The van der Waals surface area contributed by atoms with Crippen LogP contribution < -0.4 is 20.1 Å². The molecule has 1 fully saturated rings. The lowest BCUT2D eigenvalue weighted by Gasteiger charge is -2.29. The zero-order chi connectivity index (χ0) is 21.2. The minimum atomic E-state index is 0.265. The number of nitrogens with zero attached hydrogens (tertiary/aromatic N) is 3. The fourth-order valence-electron chi connectivity index (χ4n) is 3.71. The lowest BCUT2D eigenvalue weighted by atomic mass is 10.1. The van der Waals surface area contributed by atoms with E-state index in [-0.39, 0.29) is 6.04 Å². The van der Waals surface area contributed by atoms with Crippen LogP contribution in [0.25, 0.3) is 0 Å². The number of rotatable bonds is 9. The second kappa shape index (κ2) is 11.4. The maximum absolute atomic E-state index is 5.45. The van der Waals surface area contributed by atoms with E-state index in [1.165, 1.54) is 18.4 Å². The Kier molecular flexibility index (Phi) is 8.32. The van der Waals surface area contributed by atoms with Crippen LogP contribution in [0.3, 0.4) is 0 Å². The van der Waals surface area contributed by atoms with E-state index in [1.54, 1.807) is 14.2 Å². The third kappa shape index (κ3) is 6.10. The molecule has 7 nitrogen and oxygen atoms in total. The topological polar surface area (TPSA) is 71.0 Å². The quantitative estimate of drug-likeness (QED) is 0.488. The molecule has 0 bridgehead atoms. The first kappa shape index (κ1) is 21.9. The van der Waals surface area contributed by atoms with Crippen molar-refractivity contribution in [3.05, 3.63) is 53.7 Å². The number of pyridine rings is 1. The van der Waals surface area contributed by atoms with Gasteiger partial charge < -0.3 is 20.1 Å². The number of benzene rings is 1. The number of guanidine groups is 1. The molecule has 0 aliphatic carbocycles. The van der Waals surface area contributed by atoms with Crippen LogP contribution in [0.15, 0.2) is 47.5 Å². The Labute approximate surface area is 179 Å². The molecular formula is C23H33N5O2. The summed E-state index contributed by atoms with van der Waals surface area (Å²) < 4.78 is 10.7. The second-order valence-electron chi connectivity index (χ2n) is 7.28. The number of hydrogen-bond donors (Lipinski definition) is 2. The first-order valence-electron chi connectivity index (χ1n) is 10.6. The van der Waals surface area contributed by atoms with Crippen molar-refractivity contribution in [1.29, 1.82) is 0 Å². The molecule has 0 amide bonds. The number of likely N-dealkylation sites (tertiary alicyclic amines) is 1. The van der Waals surface area contributed by atoms with E-state index in [4.69, 9.17) is 14.5 Å². The number of nitrogens with one attached hydrogen (secondary N) is 2. The largest absolute Gasteiger partial charge is 0.497 e. The first-order chi connectivity index (χ1) is 14.7. The van der Waals surface area contributed by atoms with Crippen molar-refractivity contribution in [3.8, 4) is 11.6 Å². The lowest BCUT2D eigenvalue weighted by molar-refractivity contribution is 0.245. The molecule has 30 heavy (non-hydrogen) atoms. The minimum Gasteiger partial charge on any atom is -0.497 e. The van der Waals surface area contributed by atoms with E-state index in [1.807, 2.05) is 24.3 Å². The Balaban J connectivity index is 1.71. The van der Waals surface area contributed by atoms with Gasteiger partial charge >= 0.3 is 0 Å². The van der Waals surface area contributed by atoms with Gasteiger partial charge in [0.15, 0.2) is 5.96 Å². The highest BCUT2D eigenvalue weighted by Crippen LogP contribution is 2.27. The Morgan fingerprint density at radius 2 is 1.90 bits per heavy atom. The van der Waals surface area contributed by atoms with Crippen molar-refractivity contribution in [1.82, 2.24) is 20.5 Å². The third-order valence-corrected chi connectivity index (χ3v) is 5.26. The van der Waals surface area contributed by atoms with Gasteiger partial charge in [-0.1, -0.05) is 18.2 Å². The SMILES string of the molecule is CCNC(=NCc1cccc(OC)n1)NCC(c1cccc(OC)c1)N1CCCC1. The summed E-state index contributed by atoms with van der Waals surface area (Å²) in [5.74, 6) is 2.28. The van der Waals surface area contributed by atoms with Gasteiger partial charge in [0.2, 0.25) is 5.88 Å². The molecule has 2 N–H and O–H groups in total. The summed E-state index contributed by atoms with van der Waals surface area (Å²) in [5.41, 5.74) is 2.13. The lowest BCUT2D eigenvalue weighted by Crippen LogP contribution is -2.42. The average molecular weight is 412 g/mol. The molecule has 0 radical (unpaired) electrons. The monoisotopic (exact) mass is 411 g/mol. The number of ether oxygens (including phenoxy) is 2. The van der Waals surface area contributed by atoms with Crippen LogP contribution >= 0.6 is 0 Å². The van der Waals surface area contributed by atoms with E-state index >= 15 is 0 Å². The summed E-state index contributed by atoms with van der Waals surface area (Å²) in [4.78, 5) is 11.7.